The summed E-state index contributed by atoms with van der Waals surface area (Å²) in [5.74, 6) is 0. The van der Waals surface area contributed by atoms with E-state index >= 15 is 0 Å². The molecule has 0 aliphatic rings. The van der Waals surface area contributed by atoms with E-state index in [1.165, 1.54) is 25.7 Å². The summed E-state index contributed by atoms with van der Waals surface area (Å²) in [7, 11) is 0. The largest absolute Gasteiger partial charge is 0.445 e. The molecule has 3 heteroatoms. The second-order valence-corrected chi connectivity index (χ2v) is 5.63. The van der Waals surface area contributed by atoms with E-state index < -0.39 is 0 Å². The van der Waals surface area contributed by atoms with E-state index in [2.05, 4.69) is 18.8 Å². The van der Waals surface area contributed by atoms with Gasteiger partial charge in [0.25, 0.3) is 0 Å². The van der Waals surface area contributed by atoms with Crippen LogP contribution in [-0.4, -0.2) is 12.1 Å². The van der Waals surface area contributed by atoms with Crippen LogP contribution in [0.4, 0.5) is 4.79 Å². The van der Waals surface area contributed by atoms with Gasteiger partial charge in [-0.2, -0.15) is 0 Å². The SMILES string of the molecule is C=CC[C@H](CCCCCCC)NC(=O)OCc1ccccc1. The summed E-state index contributed by atoms with van der Waals surface area (Å²) in [6.07, 6.45) is 9.46. The van der Waals surface area contributed by atoms with Gasteiger partial charge in [0.15, 0.2) is 0 Å². The van der Waals surface area contributed by atoms with Crippen molar-refractivity contribution in [1.29, 1.82) is 0 Å². The number of amides is 1. The maximum atomic E-state index is 11.9. The van der Waals surface area contributed by atoms with Gasteiger partial charge in [0.1, 0.15) is 6.61 Å². The van der Waals surface area contributed by atoms with Crippen LogP contribution in [0.3, 0.4) is 0 Å². The fourth-order valence-electron chi connectivity index (χ4n) is 2.38. The molecule has 0 bridgehead atoms. The number of alkyl carbamates (subject to hydrolysis) is 1. The number of carbonyl (C=O) groups excluding carboxylic acids is 1. The monoisotopic (exact) mass is 303 g/mol. The smallest absolute Gasteiger partial charge is 0.407 e. The molecule has 3 nitrogen and oxygen atoms in total. The maximum Gasteiger partial charge on any atom is 0.407 e. The lowest BCUT2D eigenvalue weighted by atomic mass is 10.0. The van der Waals surface area contributed by atoms with E-state index in [9.17, 15) is 4.79 Å². The summed E-state index contributed by atoms with van der Waals surface area (Å²) in [5.41, 5.74) is 0.998. The summed E-state index contributed by atoms with van der Waals surface area (Å²) >= 11 is 0. The van der Waals surface area contributed by atoms with Crippen LogP contribution in [0.15, 0.2) is 43.0 Å². The Labute approximate surface area is 134 Å². The molecule has 0 aliphatic carbocycles. The highest BCUT2D eigenvalue weighted by Crippen LogP contribution is 2.10. The van der Waals surface area contributed by atoms with E-state index in [4.69, 9.17) is 4.74 Å². The van der Waals surface area contributed by atoms with Crippen LogP contribution in [0.5, 0.6) is 0 Å². The highest BCUT2D eigenvalue weighted by atomic mass is 16.5. The number of rotatable bonds is 11. The number of hydrogen-bond donors (Lipinski definition) is 1. The second-order valence-electron chi connectivity index (χ2n) is 5.63. The third-order valence-electron chi connectivity index (χ3n) is 3.64. The summed E-state index contributed by atoms with van der Waals surface area (Å²) in [5, 5.41) is 2.95. The Bertz CT molecular complexity index is 417. The molecule has 0 saturated carbocycles. The zero-order valence-corrected chi connectivity index (χ0v) is 13.7. The van der Waals surface area contributed by atoms with Gasteiger partial charge in [-0.25, -0.2) is 4.79 Å². The van der Waals surface area contributed by atoms with Crippen LogP contribution in [0, 0.1) is 0 Å². The third-order valence-corrected chi connectivity index (χ3v) is 3.64. The van der Waals surface area contributed by atoms with Crippen molar-refractivity contribution in [3.8, 4) is 0 Å². The fourth-order valence-corrected chi connectivity index (χ4v) is 2.38. The molecule has 22 heavy (non-hydrogen) atoms. The summed E-state index contributed by atoms with van der Waals surface area (Å²) in [6.45, 7) is 6.29. The van der Waals surface area contributed by atoms with Crippen LogP contribution in [0.25, 0.3) is 0 Å². The molecular weight excluding hydrogens is 274 g/mol. The average Bonchev–Trinajstić information content (AvgIpc) is 2.54. The molecule has 1 rings (SSSR count). The van der Waals surface area contributed by atoms with Crippen molar-refractivity contribution in [1.82, 2.24) is 5.32 Å². The lowest BCUT2D eigenvalue weighted by molar-refractivity contribution is 0.135. The van der Waals surface area contributed by atoms with Gasteiger partial charge in [-0.1, -0.05) is 75.4 Å². The Morgan fingerprint density at radius 3 is 2.64 bits per heavy atom. The predicted octanol–water partition coefficient (Wildman–Crippen LogP) is 5.22. The number of carbonyl (C=O) groups is 1. The van der Waals surface area contributed by atoms with E-state index in [-0.39, 0.29) is 12.1 Å². The van der Waals surface area contributed by atoms with Gasteiger partial charge in [0.2, 0.25) is 0 Å². The molecule has 1 N–H and O–H groups in total. The van der Waals surface area contributed by atoms with E-state index in [0.717, 1.165) is 24.8 Å². The quantitative estimate of drug-likeness (QED) is 0.449. The number of unbranched alkanes of at least 4 members (excludes halogenated alkanes) is 4. The Balaban J connectivity index is 2.25. The highest BCUT2D eigenvalue weighted by molar-refractivity contribution is 5.67. The van der Waals surface area contributed by atoms with Crippen LogP contribution >= 0.6 is 0 Å². The Morgan fingerprint density at radius 2 is 1.95 bits per heavy atom. The molecule has 122 valence electrons. The molecule has 1 aromatic carbocycles. The van der Waals surface area contributed by atoms with Gasteiger partial charge in [-0.15, -0.1) is 6.58 Å². The first-order valence-electron chi connectivity index (χ1n) is 8.34. The van der Waals surface area contributed by atoms with Gasteiger partial charge in [0.05, 0.1) is 0 Å². The molecule has 0 heterocycles. The summed E-state index contributed by atoms with van der Waals surface area (Å²) < 4.78 is 5.27. The molecule has 0 spiro atoms. The van der Waals surface area contributed by atoms with Gasteiger partial charge < -0.3 is 10.1 Å². The first-order valence-corrected chi connectivity index (χ1v) is 8.34. The van der Waals surface area contributed by atoms with Crippen molar-refractivity contribution in [2.24, 2.45) is 0 Å². The minimum absolute atomic E-state index is 0.127. The standard InChI is InChI=1S/C19H29NO2/c1-3-5-6-7-11-15-18(12-4-2)20-19(21)22-16-17-13-9-8-10-14-17/h4,8-10,13-14,18H,2-3,5-7,11-12,15-16H2,1H3,(H,20,21)/t18-/m1/s1. The van der Waals surface area contributed by atoms with Crippen molar-refractivity contribution in [2.45, 2.75) is 64.5 Å². The van der Waals surface area contributed by atoms with Gasteiger partial charge in [-0.3, -0.25) is 0 Å². The summed E-state index contributed by atoms with van der Waals surface area (Å²) in [4.78, 5) is 11.9. The predicted molar refractivity (Wildman–Crippen MR) is 91.7 cm³/mol. The second kappa shape index (κ2) is 11.8. The molecular formula is C19H29NO2. The average molecular weight is 303 g/mol. The van der Waals surface area contributed by atoms with Crippen LogP contribution in [0.1, 0.15) is 57.4 Å². The lowest BCUT2D eigenvalue weighted by Gasteiger charge is -2.17. The van der Waals surface area contributed by atoms with Gasteiger partial charge >= 0.3 is 6.09 Å². The van der Waals surface area contributed by atoms with E-state index in [0.29, 0.717) is 6.61 Å². The molecule has 0 unspecified atom stereocenters. The normalized spacial score (nSPS) is 11.7. The summed E-state index contributed by atoms with van der Waals surface area (Å²) in [6, 6.07) is 9.84. The zero-order valence-electron chi connectivity index (χ0n) is 13.7. The topological polar surface area (TPSA) is 38.3 Å². The number of hydrogen-bond acceptors (Lipinski definition) is 2. The Morgan fingerprint density at radius 1 is 1.23 bits per heavy atom. The van der Waals surface area contributed by atoms with E-state index in [1.54, 1.807) is 0 Å². The molecule has 0 radical (unpaired) electrons. The van der Waals surface area contributed by atoms with Crippen molar-refractivity contribution in [3.05, 3.63) is 48.6 Å². The molecule has 0 saturated heterocycles. The Kier molecular flexibility index (Phi) is 9.84. The molecule has 1 atom stereocenters. The van der Waals surface area contributed by atoms with E-state index in [1.807, 2.05) is 36.4 Å². The minimum Gasteiger partial charge on any atom is -0.445 e. The highest BCUT2D eigenvalue weighted by Gasteiger charge is 2.11. The van der Waals surface area contributed by atoms with Crippen LogP contribution in [-0.2, 0) is 11.3 Å². The lowest BCUT2D eigenvalue weighted by Crippen LogP contribution is -2.34. The Hall–Kier alpha value is -1.77. The van der Waals surface area contributed by atoms with Crippen molar-refractivity contribution >= 4 is 6.09 Å². The maximum absolute atomic E-state index is 11.9. The number of nitrogens with one attached hydrogen (secondary N) is 1. The number of ether oxygens (including phenoxy) is 1. The molecule has 0 aliphatic heterocycles. The van der Waals surface area contributed by atoms with Crippen molar-refractivity contribution in [3.63, 3.8) is 0 Å². The molecule has 1 aromatic rings. The van der Waals surface area contributed by atoms with Crippen molar-refractivity contribution < 1.29 is 9.53 Å². The van der Waals surface area contributed by atoms with Crippen LogP contribution in [0.2, 0.25) is 0 Å². The first-order chi connectivity index (χ1) is 10.8. The van der Waals surface area contributed by atoms with Gasteiger partial charge in [0, 0.05) is 6.04 Å². The van der Waals surface area contributed by atoms with Crippen molar-refractivity contribution in [2.75, 3.05) is 0 Å². The first kappa shape index (κ1) is 18.3. The van der Waals surface area contributed by atoms with Gasteiger partial charge in [-0.05, 0) is 18.4 Å². The molecule has 1 amide bonds. The minimum atomic E-state index is -0.343. The molecule has 0 fully saturated rings. The number of benzene rings is 1. The fraction of sp³-hybridized carbons (Fsp3) is 0.526. The third kappa shape index (κ3) is 8.50. The zero-order chi connectivity index (χ0) is 16.0. The molecule has 0 aromatic heterocycles. The van der Waals surface area contributed by atoms with Crippen LogP contribution < -0.4 is 5.32 Å².